The molecule has 1 aromatic carbocycles. The molecule has 2 aromatic heterocycles. The Labute approximate surface area is 149 Å². The number of nitrogens with one attached hydrogen (secondary N) is 1. The molecule has 5 nitrogen and oxygen atoms in total. The van der Waals surface area contributed by atoms with Crippen LogP contribution >= 0.6 is 11.3 Å². The van der Waals surface area contributed by atoms with Gasteiger partial charge in [-0.2, -0.15) is 0 Å². The molecule has 1 N–H and O–H groups in total. The van der Waals surface area contributed by atoms with E-state index in [9.17, 15) is 9.59 Å². The maximum Gasteiger partial charge on any atom is 0.256 e. The maximum absolute atomic E-state index is 13.1. The summed E-state index contributed by atoms with van der Waals surface area (Å²) in [4.78, 5) is 31.9. The van der Waals surface area contributed by atoms with E-state index >= 15 is 0 Å². The number of hydrogen-bond donors (Lipinski definition) is 1. The summed E-state index contributed by atoms with van der Waals surface area (Å²) >= 11 is 1.68. The van der Waals surface area contributed by atoms with Crippen molar-refractivity contribution >= 4 is 28.0 Å². The lowest BCUT2D eigenvalue weighted by Crippen LogP contribution is -2.33. The van der Waals surface area contributed by atoms with E-state index in [4.69, 9.17) is 4.74 Å². The number of methoxy groups -OCH3 is 1. The average Bonchev–Trinajstić information content (AvgIpc) is 3.03. The third kappa shape index (κ3) is 3.81. The minimum absolute atomic E-state index is 0.115. The molecule has 0 fully saturated rings. The van der Waals surface area contributed by atoms with Gasteiger partial charge in [-0.25, -0.2) is 0 Å². The minimum Gasteiger partial charge on any atom is -0.383 e. The van der Waals surface area contributed by atoms with Crippen molar-refractivity contribution < 1.29 is 9.53 Å². The van der Waals surface area contributed by atoms with Gasteiger partial charge in [0.2, 0.25) is 0 Å². The van der Waals surface area contributed by atoms with Gasteiger partial charge in [0.15, 0.2) is 0 Å². The van der Waals surface area contributed by atoms with Crippen LogP contribution in [0.25, 0.3) is 10.8 Å². The molecule has 0 atom stereocenters. The molecule has 3 aromatic rings. The summed E-state index contributed by atoms with van der Waals surface area (Å²) in [6.45, 7) is 3.51. The molecule has 0 aliphatic rings. The lowest BCUT2D eigenvalue weighted by atomic mass is 10.1. The molecule has 0 saturated heterocycles. The second-order valence-electron chi connectivity index (χ2n) is 5.81. The summed E-state index contributed by atoms with van der Waals surface area (Å²) in [5.74, 6) is -0.115. The number of aromatic nitrogens is 1. The molecule has 0 saturated carbocycles. The molecular weight excluding hydrogens is 336 g/mol. The molecule has 0 radical (unpaired) electrons. The van der Waals surface area contributed by atoms with Gasteiger partial charge in [0.25, 0.3) is 11.5 Å². The number of rotatable bonds is 6. The third-order valence-electron chi connectivity index (χ3n) is 4.04. The number of H-pyrrole nitrogens is 1. The predicted octanol–water partition coefficient (Wildman–Crippen LogP) is 3.19. The number of benzene rings is 1. The highest BCUT2D eigenvalue weighted by Gasteiger charge is 2.19. The highest BCUT2D eigenvalue weighted by atomic mass is 32.1. The van der Waals surface area contributed by atoms with Gasteiger partial charge in [-0.05, 0) is 25.1 Å². The molecule has 0 aliphatic carbocycles. The summed E-state index contributed by atoms with van der Waals surface area (Å²) in [5, 5.41) is 1.19. The van der Waals surface area contributed by atoms with Crippen molar-refractivity contribution in [1.82, 2.24) is 9.88 Å². The fourth-order valence-corrected chi connectivity index (χ4v) is 3.67. The first kappa shape index (κ1) is 17.4. The van der Waals surface area contributed by atoms with Crippen LogP contribution in [0.2, 0.25) is 0 Å². The van der Waals surface area contributed by atoms with Crippen LogP contribution in [0.15, 0.2) is 47.4 Å². The zero-order valence-electron chi connectivity index (χ0n) is 14.2. The van der Waals surface area contributed by atoms with Crippen LogP contribution in [0.5, 0.6) is 0 Å². The third-order valence-corrected chi connectivity index (χ3v) is 5.02. The molecule has 3 rings (SSSR count). The highest BCUT2D eigenvalue weighted by Crippen LogP contribution is 2.21. The van der Waals surface area contributed by atoms with Crippen molar-refractivity contribution in [2.24, 2.45) is 0 Å². The number of aryl methyl sites for hydroxylation is 1. The van der Waals surface area contributed by atoms with Gasteiger partial charge in [0, 0.05) is 40.4 Å². The molecule has 0 bridgehead atoms. The Morgan fingerprint density at radius 2 is 1.96 bits per heavy atom. The number of aromatic amines is 1. The van der Waals surface area contributed by atoms with Crippen LogP contribution in [0.4, 0.5) is 0 Å². The van der Waals surface area contributed by atoms with E-state index in [1.165, 1.54) is 11.1 Å². The van der Waals surface area contributed by atoms with Crippen molar-refractivity contribution in [2.45, 2.75) is 13.5 Å². The number of ether oxygens (including phenoxy) is 1. The van der Waals surface area contributed by atoms with Crippen LogP contribution in [0.3, 0.4) is 0 Å². The summed E-state index contributed by atoms with van der Waals surface area (Å²) < 4.78 is 5.16. The van der Waals surface area contributed by atoms with E-state index in [0.717, 1.165) is 4.88 Å². The number of fused-ring (bicyclic) bond motifs is 1. The quantitative estimate of drug-likeness (QED) is 0.738. The average molecular weight is 356 g/mol. The van der Waals surface area contributed by atoms with E-state index < -0.39 is 0 Å². The van der Waals surface area contributed by atoms with Crippen molar-refractivity contribution in [1.29, 1.82) is 0 Å². The molecule has 0 aliphatic heterocycles. The van der Waals surface area contributed by atoms with Crippen LogP contribution < -0.4 is 5.56 Å². The Balaban J connectivity index is 1.97. The number of thiophene rings is 1. The van der Waals surface area contributed by atoms with Crippen LogP contribution in [-0.4, -0.2) is 36.1 Å². The predicted molar refractivity (Wildman–Crippen MR) is 100 cm³/mol. The summed E-state index contributed by atoms with van der Waals surface area (Å²) in [6, 6.07) is 11.3. The van der Waals surface area contributed by atoms with Gasteiger partial charge < -0.3 is 14.6 Å². The van der Waals surface area contributed by atoms with E-state index in [0.29, 0.717) is 36.0 Å². The standard InChI is InChI=1S/C19H20N2O3S/c1-13-7-8-14(25-13)12-21(9-10-24-2)19(23)17-11-20-18(22)16-6-4-3-5-15(16)17/h3-8,11H,9-10,12H2,1-2H3,(H,20,22). The zero-order chi connectivity index (χ0) is 17.8. The van der Waals surface area contributed by atoms with Gasteiger partial charge in [-0.3, -0.25) is 9.59 Å². The van der Waals surface area contributed by atoms with E-state index in [-0.39, 0.29) is 11.5 Å². The Kier molecular flexibility index (Phi) is 5.31. The summed E-state index contributed by atoms with van der Waals surface area (Å²) in [6.07, 6.45) is 1.51. The number of hydrogen-bond acceptors (Lipinski definition) is 4. The number of amides is 1. The first-order valence-corrected chi connectivity index (χ1v) is 8.85. The molecule has 0 spiro atoms. The second-order valence-corrected chi connectivity index (χ2v) is 7.18. The molecule has 6 heteroatoms. The van der Waals surface area contributed by atoms with Gasteiger partial charge >= 0.3 is 0 Å². The second kappa shape index (κ2) is 7.63. The monoisotopic (exact) mass is 356 g/mol. The number of nitrogens with zero attached hydrogens (tertiary/aromatic N) is 1. The first-order valence-electron chi connectivity index (χ1n) is 8.04. The van der Waals surface area contributed by atoms with Crippen LogP contribution in [0.1, 0.15) is 20.1 Å². The smallest absolute Gasteiger partial charge is 0.256 e. The Bertz CT molecular complexity index is 945. The lowest BCUT2D eigenvalue weighted by molar-refractivity contribution is 0.0684. The van der Waals surface area contributed by atoms with Crippen molar-refractivity contribution in [3.63, 3.8) is 0 Å². The minimum atomic E-state index is -0.190. The normalized spacial score (nSPS) is 11.0. The Morgan fingerprint density at radius 1 is 1.20 bits per heavy atom. The largest absolute Gasteiger partial charge is 0.383 e. The molecule has 0 unspecified atom stereocenters. The van der Waals surface area contributed by atoms with Gasteiger partial charge in [0.1, 0.15) is 0 Å². The number of pyridine rings is 1. The summed E-state index contributed by atoms with van der Waals surface area (Å²) in [7, 11) is 1.62. The lowest BCUT2D eigenvalue weighted by Gasteiger charge is -2.22. The van der Waals surface area contributed by atoms with Gasteiger partial charge in [-0.15, -0.1) is 11.3 Å². The van der Waals surface area contributed by atoms with Gasteiger partial charge in [0.05, 0.1) is 18.7 Å². The van der Waals surface area contributed by atoms with E-state index in [1.807, 2.05) is 31.2 Å². The molecular formula is C19H20N2O3S. The zero-order valence-corrected chi connectivity index (χ0v) is 15.1. The molecule has 25 heavy (non-hydrogen) atoms. The van der Waals surface area contributed by atoms with Crippen LogP contribution in [0, 0.1) is 6.92 Å². The van der Waals surface area contributed by atoms with Crippen molar-refractivity contribution in [2.75, 3.05) is 20.3 Å². The molecule has 1 amide bonds. The molecule has 130 valence electrons. The Hall–Kier alpha value is -2.44. The number of carbonyl (C=O) groups is 1. The fraction of sp³-hybridized carbons (Fsp3) is 0.263. The topological polar surface area (TPSA) is 62.4 Å². The summed E-state index contributed by atoms with van der Waals surface area (Å²) in [5.41, 5.74) is 0.309. The first-order chi connectivity index (χ1) is 12.1. The van der Waals surface area contributed by atoms with E-state index in [1.54, 1.807) is 35.5 Å². The highest BCUT2D eigenvalue weighted by molar-refractivity contribution is 7.11. The maximum atomic E-state index is 13.1. The Morgan fingerprint density at radius 3 is 2.64 bits per heavy atom. The van der Waals surface area contributed by atoms with Crippen LogP contribution in [-0.2, 0) is 11.3 Å². The van der Waals surface area contributed by atoms with Crippen molar-refractivity contribution in [3.8, 4) is 0 Å². The SMILES string of the molecule is COCCN(Cc1ccc(C)s1)C(=O)c1c[nH]c(=O)c2ccccc12. The van der Waals surface area contributed by atoms with Crippen molar-refractivity contribution in [3.05, 3.63) is 68.3 Å². The number of carbonyl (C=O) groups excluding carboxylic acids is 1. The fourth-order valence-electron chi connectivity index (χ4n) is 2.77. The van der Waals surface area contributed by atoms with Gasteiger partial charge in [-0.1, -0.05) is 18.2 Å². The molecule has 2 heterocycles. The van der Waals surface area contributed by atoms with E-state index in [2.05, 4.69) is 4.98 Å².